The van der Waals surface area contributed by atoms with Crippen molar-refractivity contribution in [1.29, 1.82) is 0 Å². The second kappa shape index (κ2) is 6.33. The van der Waals surface area contributed by atoms with Gasteiger partial charge in [0.25, 0.3) is 0 Å². The molecule has 0 radical (unpaired) electrons. The number of hydrogen-bond donors (Lipinski definition) is 1. The maximum Gasteiger partial charge on any atom is 0.140 e. The molecule has 106 valence electrons. The van der Waals surface area contributed by atoms with Gasteiger partial charge in [-0.15, -0.1) is 0 Å². The lowest BCUT2D eigenvalue weighted by Gasteiger charge is -2.16. The zero-order chi connectivity index (χ0) is 14.7. The average molecular weight is 297 g/mol. The van der Waals surface area contributed by atoms with Gasteiger partial charge in [0.15, 0.2) is 0 Å². The van der Waals surface area contributed by atoms with Gasteiger partial charge in [-0.3, -0.25) is 0 Å². The van der Waals surface area contributed by atoms with E-state index in [1.54, 1.807) is 13.1 Å². The Morgan fingerprint density at radius 1 is 0.950 bits per heavy atom. The van der Waals surface area contributed by atoms with Crippen molar-refractivity contribution in [1.82, 2.24) is 5.32 Å². The molecule has 0 fully saturated rings. The molecule has 5 heteroatoms. The summed E-state index contributed by atoms with van der Waals surface area (Å²) >= 11 is 1.15. The molecule has 1 unspecified atom stereocenters. The van der Waals surface area contributed by atoms with Gasteiger partial charge in [0.1, 0.15) is 17.5 Å². The monoisotopic (exact) mass is 297 g/mol. The summed E-state index contributed by atoms with van der Waals surface area (Å²) in [6, 6.07) is 7.71. The Kier molecular flexibility index (Phi) is 4.73. The minimum absolute atomic E-state index is 0.0725. The van der Waals surface area contributed by atoms with Gasteiger partial charge in [-0.25, -0.2) is 13.2 Å². The highest BCUT2D eigenvalue weighted by molar-refractivity contribution is 7.99. The highest BCUT2D eigenvalue weighted by Gasteiger charge is 2.13. The Labute approximate surface area is 120 Å². The van der Waals surface area contributed by atoms with Crippen LogP contribution in [0.5, 0.6) is 0 Å². The van der Waals surface area contributed by atoms with Gasteiger partial charge in [0.2, 0.25) is 0 Å². The van der Waals surface area contributed by atoms with Crippen LogP contribution < -0.4 is 5.32 Å². The van der Waals surface area contributed by atoms with Crippen molar-refractivity contribution in [3.8, 4) is 0 Å². The first-order valence-corrected chi connectivity index (χ1v) is 6.92. The SMILES string of the molecule is CNC(C)c1cc(F)ccc1Sc1ccc(F)cc1F. The van der Waals surface area contributed by atoms with E-state index in [0.29, 0.717) is 4.90 Å². The first kappa shape index (κ1) is 14.9. The topological polar surface area (TPSA) is 12.0 Å². The van der Waals surface area contributed by atoms with E-state index >= 15 is 0 Å². The zero-order valence-corrected chi connectivity index (χ0v) is 11.9. The summed E-state index contributed by atoms with van der Waals surface area (Å²) in [5.74, 6) is -1.58. The third-order valence-electron chi connectivity index (χ3n) is 2.99. The van der Waals surface area contributed by atoms with E-state index in [0.717, 1.165) is 28.3 Å². The predicted octanol–water partition coefficient (Wildman–Crippen LogP) is 4.54. The summed E-state index contributed by atoms with van der Waals surface area (Å²) in [5, 5.41) is 3.02. The van der Waals surface area contributed by atoms with Crippen molar-refractivity contribution in [3.05, 3.63) is 59.4 Å². The molecule has 2 rings (SSSR count). The standard InChI is InChI=1S/C15H14F3NS/c1-9(19-2)12-7-10(16)3-5-14(12)20-15-6-4-11(17)8-13(15)18/h3-9,19H,1-2H3. The van der Waals surface area contributed by atoms with Crippen LogP contribution in [-0.4, -0.2) is 7.05 Å². The molecule has 1 N–H and O–H groups in total. The van der Waals surface area contributed by atoms with Crippen LogP contribution in [0.2, 0.25) is 0 Å². The van der Waals surface area contributed by atoms with E-state index in [9.17, 15) is 13.2 Å². The van der Waals surface area contributed by atoms with Crippen LogP contribution in [0.3, 0.4) is 0 Å². The van der Waals surface area contributed by atoms with E-state index in [4.69, 9.17) is 0 Å². The fourth-order valence-electron chi connectivity index (χ4n) is 1.78. The molecule has 2 aromatic rings. The van der Waals surface area contributed by atoms with Crippen LogP contribution in [0.1, 0.15) is 18.5 Å². The number of benzene rings is 2. The Morgan fingerprint density at radius 3 is 2.15 bits per heavy atom. The van der Waals surface area contributed by atoms with Crippen molar-refractivity contribution >= 4 is 11.8 Å². The Hall–Kier alpha value is -1.46. The van der Waals surface area contributed by atoms with E-state index in [-0.39, 0.29) is 11.9 Å². The van der Waals surface area contributed by atoms with Crippen molar-refractivity contribution in [2.24, 2.45) is 0 Å². The molecule has 0 saturated heterocycles. The van der Waals surface area contributed by atoms with Gasteiger partial charge < -0.3 is 5.32 Å². The van der Waals surface area contributed by atoms with Gasteiger partial charge >= 0.3 is 0 Å². The maximum absolute atomic E-state index is 13.7. The molecule has 0 amide bonds. The molecule has 0 heterocycles. The fourth-order valence-corrected chi connectivity index (χ4v) is 2.80. The van der Waals surface area contributed by atoms with Crippen molar-refractivity contribution in [2.75, 3.05) is 7.05 Å². The van der Waals surface area contributed by atoms with E-state index in [2.05, 4.69) is 5.32 Å². The summed E-state index contributed by atoms with van der Waals surface area (Å²) in [6.45, 7) is 1.89. The Morgan fingerprint density at radius 2 is 1.55 bits per heavy atom. The first-order chi connectivity index (χ1) is 9.51. The van der Waals surface area contributed by atoms with E-state index in [1.807, 2.05) is 6.92 Å². The number of rotatable bonds is 4. The van der Waals surface area contributed by atoms with Crippen molar-refractivity contribution in [3.63, 3.8) is 0 Å². The summed E-state index contributed by atoms with van der Waals surface area (Å²) in [5.41, 5.74) is 0.737. The second-order valence-corrected chi connectivity index (χ2v) is 5.45. The molecule has 0 aliphatic heterocycles. The summed E-state index contributed by atoms with van der Waals surface area (Å²) in [7, 11) is 1.77. The molecular weight excluding hydrogens is 283 g/mol. The number of halogens is 3. The molecular formula is C15H14F3NS. The molecule has 2 aromatic carbocycles. The number of nitrogens with one attached hydrogen (secondary N) is 1. The van der Waals surface area contributed by atoms with Gasteiger partial charge in [-0.1, -0.05) is 11.8 Å². The van der Waals surface area contributed by atoms with Crippen LogP contribution in [0, 0.1) is 17.5 Å². The average Bonchev–Trinajstić information content (AvgIpc) is 2.42. The molecule has 0 saturated carbocycles. The third-order valence-corrected chi connectivity index (χ3v) is 4.13. The Balaban J connectivity index is 2.37. The largest absolute Gasteiger partial charge is 0.313 e. The van der Waals surface area contributed by atoms with Crippen LogP contribution >= 0.6 is 11.8 Å². The van der Waals surface area contributed by atoms with Gasteiger partial charge in [-0.05, 0) is 49.9 Å². The smallest absolute Gasteiger partial charge is 0.140 e. The quantitative estimate of drug-likeness (QED) is 0.889. The van der Waals surface area contributed by atoms with Crippen LogP contribution in [0.25, 0.3) is 0 Å². The minimum atomic E-state index is -0.623. The van der Waals surface area contributed by atoms with E-state index in [1.165, 1.54) is 24.3 Å². The van der Waals surface area contributed by atoms with Crippen LogP contribution in [0.4, 0.5) is 13.2 Å². The summed E-state index contributed by atoms with van der Waals surface area (Å²) in [6.07, 6.45) is 0. The number of hydrogen-bond acceptors (Lipinski definition) is 2. The molecule has 1 atom stereocenters. The molecule has 0 aliphatic rings. The third kappa shape index (κ3) is 3.35. The van der Waals surface area contributed by atoms with Gasteiger partial charge in [-0.2, -0.15) is 0 Å². The Bertz CT molecular complexity index is 616. The second-order valence-electron chi connectivity index (χ2n) is 4.37. The molecule has 1 nitrogen and oxygen atoms in total. The molecule has 0 aromatic heterocycles. The highest BCUT2D eigenvalue weighted by atomic mass is 32.2. The van der Waals surface area contributed by atoms with Crippen molar-refractivity contribution < 1.29 is 13.2 Å². The highest BCUT2D eigenvalue weighted by Crippen LogP contribution is 2.35. The van der Waals surface area contributed by atoms with Crippen molar-refractivity contribution in [2.45, 2.75) is 22.8 Å². The zero-order valence-electron chi connectivity index (χ0n) is 11.1. The predicted molar refractivity (Wildman–Crippen MR) is 74.4 cm³/mol. The van der Waals surface area contributed by atoms with Crippen LogP contribution in [-0.2, 0) is 0 Å². The lowest BCUT2D eigenvalue weighted by Crippen LogP contribution is -2.13. The summed E-state index contributed by atoms with van der Waals surface area (Å²) < 4.78 is 39.9. The van der Waals surface area contributed by atoms with Gasteiger partial charge in [0.05, 0.1) is 0 Å². The molecule has 0 bridgehead atoms. The fraction of sp³-hybridized carbons (Fsp3) is 0.200. The summed E-state index contributed by atoms with van der Waals surface area (Å²) in [4.78, 5) is 1.04. The van der Waals surface area contributed by atoms with Gasteiger partial charge in [0, 0.05) is 21.9 Å². The molecule has 0 spiro atoms. The maximum atomic E-state index is 13.7. The van der Waals surface area contributed by atoms with Crippen LogP contribution in [0.15, 0.2) is 46.2 Å². The van der Waals surface area contributed by atoms with E-state index < -0.39 is 11.6 Å². The lowest BCUT2D eigenvalue weighted by atomic mass is 10.1. The normalized spacial score (nSPS) is 12.4. The molecule has 0 aliphatic carbocycles. The first-order valence-electron chi connectivity index (χ1n) is 6.11. The lowest BCUT2D eigenvalue weighted by molar-refractivity contribution is 0.565. The molecule has 20 heavy (non-hydrogen) atoms. The minimum Gasteiger partial charge on any atom is -0.313 e.